The lowest BCUT2D eigenvalue weighted by Crippen LogP contribution is -2.48. The van der Waals surface area contributed by atoms with Gasteiger partial charge in [0.25, 0.3) is 0 Å². The largest absolute Gasteiger partial charge is 0.351 e. The minimum Gasteiger partial charge on any atom is -0.351 e. The molecule has 0 aliphatic heterocycles. The normalized spacial score (nSPS) is 14.4. The van der Waals surface area contributed by atoms with Gasteiger partial charge in [-0.3, -0.25) is 19.3 Å². The lowest BCUT2D eigenvalue weighted by Gasteiger charge is -2.34. The fraction of sp³-hybridized carbons (Fsp3) is 0.300. The van der Waals surface area contributed by atoms with Gasteiger partial charge < -0.3 is 5.32 Å². The van der Waals surface area contributed by atoms with Crippen molar-refractivity contribution >= 4 is 34.3 Å². The van der Waals surface area contributed by atoms with Crippen LogP contribution >= 0.6 is 0 Å². The molecule has 5 rings (SSSR count). The van der Waals surface area contributed by atoms with Gasteiger partial charge in [-0.15, -0.1) is 5.10 Å². The third kappa shape index (κ3) is 5.07. The summed E-state index contributed by atoms with van der Waals surface area (Å²) in [5.41, 5.74) is 3.73. The van der Waals surface area contributed by atoms with Crippen molar-refractivity contribution in [1.29, 1.82) is 0 Å². The van der Waals surface area contributed by atoms with Gasteiger partial charge in [0, 0.05) is 11.6 Å². The average Bonchev–Trinajstić information content (AvgIpc) is 3.58. The Morgan fingerprint density at radius 3 is 2.42 bits per heavy atom. The smallest absolute Gasteiger partial charge is 0.249 e. The van der Waals surface area contributed by atoms with Crippen molar-refractivity contribution in [1.82, 2.24) is 20.3 Å². The van der Waals surface area contributed by atoms with Crippen molar-refractivity contribution in [2.24, 2.45) is 0 Å². The molecule has 0 bridgehead atoms. The predicted octanol–water partition coefficient (Wildman–Crippen LogP) is 4.78. The number of carbonyl (C=O) groups is 3. The minimum absolute atomic E-state index is 0.0632. The van der Waals surface area contributed by atoms with Gasteiger partial charge >= 0.3 is 0 Å². The van der Waals surface area contributed by atoms with Gasteiger partial charge in [-0.2, -0.15) is 0 Å². The van der Waals surface area contributed by atoms with Crippen LogP contribution in [0.15, 0.2) is 72.8 Å². The number of nitrogens with one attached hydrogen (secondary N) is 1. The number of rotatable bonds is 8. The van der Waals surface area contributed by atoms with Crippen LogP contribution in [-0.4, -0.2) is 38.6 Å². The van der Waals surface area contributed by atoms with E-state index in [2.05, 4.69) is 15.6 Å². The number of anilines is 1. The Balaban J connectivity index is 1.64. The molecule has 1 saturated carbocycles. The first-order chi connectivity index (χ1) is 18.4. The van der Waals surface area contributed by atoms with Gasteiger partial charge in [0.05, 0.1) is 11.2 Å². The monoisotopic (exact) mass is 509 g/mol. The molecule has 0 radical (unpaired) electrons. The van der Waals surface area contributed by atoms with Gasteiger partial charge in [0.1, 0.15) is 18.1 Å². The highest BCUT2D eigenvalue weighted by Gasteiger charge is 2.36. The molecule has 1 unspecified atom stereocenters. The molecule has 3 aromatic carbocycles. The quantitative estimate of drug-likeness (QED) is 0.345. The summed E-state index contributed by atoms with van der Waals surface area (Å²) in [5, 5.41) is 11.6. The maximum absolute atomic E-state index is 14.2. The molecular weight excluding hydrogens is 478 g/mol. The van der Waals surface area contributed by atoms with E-state index in [0.29, 0.717) is 27.8 Å². The zero-order chi connectivity index (χ0) is 26.6. The summed E-state index contributed by atoms with van der Waals surface area (Å²) in [7, 11) is 0. The first-order valence-electron chi connectivity index (χ1n) is 13.0. The average molecular weight is 510 g/mol. The Morgan fingerprint density at radius 1 is 0.974 bits per heavy atom. The summed E-state index contributed by atoms with van der Waals surface area (Å²) in [6, 6.07) is 21.0. The summed E-state index contributed by atoms with van der Waals surface area (Å²) in [6.07, 6.45) is 3.95. The van der Waals surface area contributed by atoms with Gasteiger partial charge in [-0.25, -0.2) is 4.68 Å². The van der Waals surface area contributed by atoms with E-state index in [4.69, 9.17) is 0 Å². The van der Waals surface area contributed by atoms with Crippen molar-refractivity contribution in [3.63, 3.8) is 0 Å². The molecule has 8 nitrogen and oxygen atoms in total. The van der Waals surface area contributed by atoms with Gasteiger partial charge in [0.2, 0.25) is 11.8 Å². The van der Waals surface area contributed by atoms with E-state index < -0.39 is 6.04 Å². The summed E-state index contributed by atoms with van der Waals surface area (Å²) < 4.78 is 1.53. The Bertz CT molecular complexity index is 1490. The zero-order valence-electron chi connectivity index (χ0n) is 21.6. The van der Waals surface area contributed by atoms with Crippen LogP contribution in [-0.2, 0) is 16.1 Å². The summed E-state index contributed by atoms with van der Waals surface area (Å²) >= 11 is 0. The Hall–Kier alpha value is -4.33. The van der Waals surface area contributed by atoms with Crippen LogP contribution in [0.5, 0.6) is 0 Å². The fourth-order valence-electron chi connectivity index (χ4n) is 5.28. The maximum atomic E-state index is 14.2. The van der Waals surface area contributed by atoms with Crippen LogP contribution in [0.2, 0.25) is 0 Å². The third-order valence-corrected chi connectivity index (χ3v) is 7.21. The van der Waals surface area contributed by atoms with E-state index in [0.717, 1.165) is 31.2 Å². The zero-order valence-corrected chi connectivity index (χ0v) is 21.6. The van der Waals surface area contributed by atoms with Gasteiger partial charge in [-0.05, 0) is 62.1 Å². The van der Waals surface area contributed by atoms with Crippen LogP contribution < -0.4 is 10.2 Å². The van der Waals surface area contributed by atoms with E-state index in [9.17, 15) is 14.4 Å². The highest BCUT2D eigenvalue weighted by atomic mass is 16.2. The lowest BCUT2D eigenvalue weighted by molar-refractivity contribution is -0.127. The van der Waals surface area contributed by atoms with E-state index in [1.807, 2.05) is 55.5 Å². The van der Waals surface area contributed by atoms with Crippen molar-refractivity contribution in [2.45, 2.75) is 58.2 Å². The first kappa shape index (κ1) is 25.3. The molecule has 4 aromatic rings. The number of aryl methyl sites for hydroxylation is 1. The maximum Gasteiger partial charge on any atom is 0.249 e. The molecule has 0 saturated heterocycles. The number of ketones is 1. The van der Waals surface area contributed by atoms with Crippen molar-refractivity contribution < 1.29 is 14.4 Å². The van der Waals surface area contributed by atoms with E-state index in [-0.39, 0.29) is 30.2 Å². The number of Topliss-reactive ketones (excluding diaryl/α,β-unsaturated/α-hetero) is 1. The summed E-state index contributed by atoms with van der Waals surface area (Å²) in [4.78, 5) is 42.5. The molecule has 1 aliphatic rings. The number of nitrogens with zero attached hydrogens (tertiary/aromatic N) is 4. The van der Waals surface area contributed by atoms with Crippen LogP contribution in [0.25, 0.3) is 11.0 Å². The first-order valence-corrected chi connectivity index (χ1v) is 13.0. The second-order valence-corrected chi connectivity index (χ2v) is 9.82. The molecule has 0 spiro atoms. The molecule has 1 N–H and O–H groups in total. The van der Waals surface area contributed by atoms with Gasteiger partial charge in [0.15, 0.2) is 5.78 Å². The molecule has 1 aromatic heterocycles. The topological polar surface area (TPSA) is 97.2 Å². The summed E-state index contributed by atoms with van der Waals surface area (Å²) in [6.45, 7) is 3.25. The van der Waals surface area contributed by atoms with Crippen LogP contribution in [0.4, 0.5) is 5.69 Å². The number of benzene rings is 3. The van der Waals surface area contributed by atoms with E-state index >= 15 is 0 Å². The Morgan fingerprint density at radius 2 is 1.66 bits per heavy atom. The van der Waals surface area contributed by atoms with Crippen LogP contribution in [0, 0.1) is 6.92 Å². The second-order valence-electron chi connectivity index (χ2n) is 9.82. The molecule has 194 valence electrons. The number of fused-ring (bicyclic) bond motifs is 1. The summed E-state index contributed by atoms with van der Waals surface area (Å²) in [5.74, 6) is -0.824. The predicted molar refractivity (Wildman–Crippen MR) is 146 cm³/mol. The Kier molecular flexibility index (Phi) is 7.31. The van der Waals surface area contributed by atoms with Crippen molar-refractivity contribution in [2.75, 3.05) is 4.90 Å². The lowest BCUT2D eigenvalue weighted by atomic mass is 9.96. The molecular formula is C30H31N5O3. The standard InChI is InChI=1S/C30H31N5O3/c1-20-11-3-6-14-23(20)29(30(38)31-22-12-4-5-13-22)35(26-17-9-7-15-24(26)21(2)36)28(37)19-34-27-18-10-8-16-25(27)32-33-34/h3,6-11,14-18,22,29H,4-5,12-13,19H2,1-2H3,(H,31,38). The molecule has 1 atom stereocenters. The SMILES string of the molecule is CC(=O)c1ccccc1N(C(=O)Cn1nnc2ccccc21)C(C(=O)NC1CCCC1)c1ccccc1C. The number of para-hydroxylation sites is 2. The highest BCUT2D eigenvalue weighted by molar-refractivity contribution is 6.08. The van der Waals surface area contributed by atoms with Crippen molar-refractivity contribution in [3.05, 3.63) is 89.5 Å². The van der Waals surface area contributed by atoms with Crippen molar-refractivity contribution in [3.8, 4) is 0 Å². The molecule has 1 heterocycles. The van der Waals surface area contributed by atoms with E-state index in [1.54, 1.807) is 24.3 Å². The number of aromatic nitrogens is 3. The number of amides is 2. The molecule has 2 amide bonds. The van der Waals surface area contributed by atoms with Crippen LogP contribution in [0.1, 0.15) is 60.1 Å². The Labute approximate surface area is 221 Å². The van der Waals surface area contributed by atoms with Crippen LogP contribution in [0.3, 0.4) is 0 Å². The number of carbonyl (C=O) groups excluding carboxylic acids is 3. The molecule has 38 heavy (non-hydrogen) atoms. The second kappa shape index (κ2) is 11.0. The number of hydrogen-bond acceptors (Lipinski definition) is 5. The molecule has 1 aliphatic carbocycles. The third-order valence-electron chi connectivity index (χ3n) is 7.21. The van der Waals surface area contributed by atoms with E-state index in [1.165, 1.54) is 16.5 Å². The number of hydrogen-bond donors (Lipinski definition) is 1. The fourth-order valence-corrected chi connectivity index (χ4v) is 5.28. The highest BCUT2D eigenvalue weighted by Crippen LogP contribution is 2.33. The van der Waals surface area contributed by atoms with Gasteiger partial charge in [-0.1, -0.05) is 66.6 Å². The molecule has 1 fully saturated rings. The molecule has 8 heteroatoms. The minimum atomic E-state index is -0.973.